The lowest BCUT2D eigenvalue weighted by atomic mass is 10.2. The van der Waals surface area contributed by atoms with Crippen molar-refractivity contribution < 1.29 is 9.53 Å². The number of amides is 1. The second kappa shape index (κ2) is 6.70. The van der Waals surface area contributed by atoms with Gasteiger partial charge in [-0.15, -0.1) is 0 Å². The number of carbonyl (C=O) groups excluding carboxylic acids is 1. The Morgan fingerprint density at radius 2 is 2.27 bits per heavy atom. The number of hydrogen-bond acceptors (Lipinski definition) is 4. The van der Waals surface area contributed by atoms with Crippen molar-refractivity contribution in [2.45, 2.75) is 31.9 Å². The molecule has 1 aromatic carbocycles. The maximum absolute atomic E-state index is 12.3. The van der Waals surface area contributed by atoms with Crippen LogP contribution in [0.5, 0.6) is 0 Å². The number of benzene rings is 1. The zero-order valence-corrected chi connectivity index (χ0v) is 12.3. The Hall–Kier alpha value is -2.21. The highest BCUT2D eigenvalue weighted by Crippen LogP contribution is 2.10. The maximum atomic E-state index is 12.3. The van der Waals surface area contributed by atoms with Gasteiger partial charge in [0.15, 0.2) is 0 Å². The first-order valence-corrected chi connectivity index (χ1v) is 7.56. The van der Waals surface area contributed by atoms with Crippen molar-refractivity contribution in [2.75, 3.05) is 13.2 Å². The molecule has 0 radical (unpaired) electrons. The lowest BCUT2D eigenvalue weighted by Gasteiger charge is -2.11. The number of hydrogen-bond donors (Lipinski definition) is 1. The van der Waals surface area contributed by atoms with Crippen LogP contribution in [0, 0.1) is 0 Å². The Balaban J connectivity index is 1.58. The summed E-state index contributed by atoms with van der Waals surface area (Å²) in [7, 11) is 0. The second-order valence-corrected chi connectivity index (χ2v) is 5.45. The summed E-state index contributed by atoms with van der Waals surface area (Å²) in [5.41, 5.74) is 0.559. The highest BCUT2D eigenvalue weighted by Gasteiger charge is 2.16. The highest BCUT2D eigenvalue weighted by atomic mass is 16.5. The number of rotatable bonds is 5. The number of ether oxygens (including phenoxy) is 1. The molecule has 0 spiro atoms. The normalized spacial score (nSPS) is 17.7. The minimum Gasteiger partial charge on any atom is -0.376 e. The lowest BCUT2D eigenvalue weighted by molar-refractivity contribution is -0.121. The van der Waals surface area contributed by atoms with Crippen LogP contribution in [0.4, 0.5) is 0 Å². The summed E-state index contributed by atoms with van der Waals surface area (Å²) in [6.45, 7) is 1.65. The summed E-state index contributed by atoms with van der Waals surface area (Å²) in [6, 6.07) is 7.20. The van der Waals surface area contributed by atoms with E-state index < -0.39 is 0 Å². The zero-order valence-electron chi connectivity index (χ0n) is 12.3. The molecule has 6 nitrogen and oxygen atoms in total. The minimum atomic E-state index is -0.113. The van der Waals surface area contributed by atoms with Gasteiger partial charge in [0.05, 0.1) is 23.3 Å². The van der Waals surface area contributed by atoms with Crippen LogP contribution in [0.15, 0.2) is 35.4 Å². The van der Waals surface area contributed by atoms with Gasteiger partial charge in [0, 0.05) is 26.1 Å². The monoisotopic (exact) mass is 301 g/mol. The van der Waals surface area contributed by atoms with E-state index in [9.17, 15) is 9.59 Å². The summed E-state index contributed by atoms with van der Waals surface area (Å²) < 4.78 is 6.93. The molecule has 1 N–H and O–H groups in total. The number of carbonyl (C=O) groups is 1. The van der Waals surface area contributed by atoms with E-state index in [2.05, 4.69) is 10.3 Å². The van der Waals surface area contributed by atoms with Gasteiger partial charge in [-0.25, -0.2) is 4.98 Å². The first-order chi connectivity index (χ1) is 10.7. The molecule has 0 saturated carbocycles. The van der Waals surface area contributed by atoms with Crippen LogP contribution in [0.25, 0.3) is 10.9 Å². The molecule has 6 heteroatoms. The fourth-order valence-corrected chi connectivity index (χ4v) is 2.61. The molecule has 1 aliphatic heterocycles. The molecule has 1 aliphatic rings. The number of nitrogens with zero attached hydrogens (tertiary/aromatic N) is 2. The summed E-state index contributed by atoms with van der Waals surface area (Å²) in [4.78, 5) is 28.4. The minimum absolute atomic E-state index is 0.0736. The third kappa shape index (κ3) is 3.33. The van der Waals surface area contributed by atoms with Crippen molar-refractivity contribution in [2.24, 2.45) is 0 Å². The third-order valence-electron chi connectivity index (χ3n) is 3.86. The van der Waals surface area contributed by atoms with Crippen LogP contribution in [-0.4, -0.2) is 34.7 Å². The topological polar surface area (TPSA) is 73.2 Å². The Labute approximate surface area is 128 Å². The number of aryl methyl sites for hydroxylation is 1. The van der Waals surface area contributed by atoms with E-state index in [1.54, 1.807) is 12.1 Å². The van der Waals surface area contributed by atoms with Crippen LogP contribution >= 0.6 is 0 Å². The molecule has 3 rings (SSSR count). The smallest absolute Gasteiger partial charge is 0.261 e. The molecule has 22 heavy (non-hydrogen) atoms. The Kier molecular flexibility index (Phi) is 4.48. The number of para-hydroxylation sites is 1. The quantitative estimate of drug-likeness (QED) is 0.897. The summed E-state index contributed by atoms with van der Waals surface area (Å²) >= 11 is 0. The van der Waals surface area contributed by atoms with E-state index in [0.29, 0.717) is 24.0 Å². The van der Waals surface area contributed by atoms with Crippen molar-refractivity contribution >= 4 is 16.8 Å². The molecule has 0 aliphatic carbocycles. The Morgan fingerprint density at radius 1 is 1.41 bits per heavy atom. The van der Waals surface area contributed by atoms with Crippen LogP contribution in [0.3, 0.4) is 0 Å². The molecule has 1 aromatic heterocycles. The predicted octanol–water partition coefficient (Wildman–Crippen LogP) is 1.08. The zero-order chi connectivity index (χ0) is 15.4. The van der Waals surface area contributed by atoms with Crippen molar-refractivity contribution in [1.29, 1.82) is 0 Å². The first-order valence-electron chi connectivity index (χ1n) is 7.56. The fraction of sp³-hybridized carbons (Fsp3) is 0.438. The van der Waals surface area contributed by atoms with E-state index in [4.69, 9.17) is 4.74 Å². The average molecular weight is 301 g/mol. The van der Waals surface area contributed by atoms with E-state index >= 15 is 0 Å². The fourth-order valence-electron chi connectivity index (χ4n) is 2.61. The van der Waals surface area contributed by atoms with Gasteiger partial charge in [-0.1, -0.05) is 12.1 Å². The van der Waals surface area contributed by atoms with Gasteiger partial charge < -0.3 is 10.1 Å². The molecule has 1 fully saturated rings. The van der Waals surface area contributed by atoms with E-state index in [1.807, 2.05) is 12.1 Å². The molecule has 1 atom stereocenters. The molecule has 1 saturated heterocycles. The third-order valence-corrected chi connectivity index (χ3v) is 3.86. The van der Waals surface area contributed by atoms with E-state index in [1.165, 1.54) is 10.9 Å². The molecule has 0 unspecified atom stereocenters. The second-order valence-electron chi connectivity index (χ2n) is 5.45. The van der Waals surface area contributed by atoms with E-state index in [0.717, 1.165) is 19.4 Å². The lowest BCUT2D eigenvalue weighted by Crippen LogP contribution is -2.33. The van der Waals surface area contributed by atoms with Crippen LogP contribution < -0.4 is 10.9 Å². The molecule has 116 valence electrons. The van der Waals surface area contributed by atoms with Gasteiger partial charge >= 0.3 is 0 Å². The SMILES string of the molecule is O=C(CCn1cnc2ccccc2c1=O)NC[C@H]1CCCO1. The van der Waals surface area contributed by atoms with Crippen LogP contribution in [0.2, 0.25) is 0 Å². The van der Waals surface area contributed by atoms with E-state index in [-0.39, 0.29) is 24.0 Å². The number of fused-ring (bicyclic) bond motifs is 1. The van der Waals surface area contributed by atoms with Gasteiger partial charge in [-0.05, 0) is 25.0 Å². The summed E-state index contributed by atoms with van der Waals surface area (Å²) in [5, 5.41) is 3.43. The summed E-state index contributed by atoms with van der Waals surface area (Å²) in [6.07, 6.45) is 3.94. The number of aromatic nitrogens is 2. The van der Waals surface area contributed by atoms with Gasteiger partial charge in [0.25, 0.3) is 5.56 Å². The van der Waals surface area contributed by atoms with Crippen molar-refractivity contribution in [1.82, 2.24) is 14.9 Å². The molecule has 0 bridgehead atoms. The van der Waals surface area contributed by atoms with Crippen molar-refractivity contribution in [3.05, 3.63) is 40.9 Å². The molecule has 1 amide bonds. The van der Waals surface area contributed by atoms with Gasteiger partial charge in [0.1, 0.15) is 0 Å². The Morgan fingerprint density at radius 3 is 3.09 bits per heavy atom. The highest BCUT2D eigenvalue weighted by molar-refractivity contribution is 5.77. The van der Waals surface area contributed by atoms with Crippen LogP contribution in [-0.2, 0) is 16.1 Å². The molecule has 2 heterocycles. The average Bonchev–Trinajstić information content (AvgIpc) is 3.06. The van der Waals surface area contributed by atoms with Gasteiger partial charge in [0.2, 0.25) is 5.91 Å². The van der Waals surface area contributed by atoms with Crippen molar-refractivity contribution in [3.8, 4) is 0 Å². The maximum Gasteiger partial charge on any atom is 0.261 e. The summed E-state index contributed by atoms with van der Waals surface area (Å²) in [5.74, 6) is -0.0736. The molecular formula is C16H19N3O3. The predicted molar refractivity (Wildman–Crippen MR) is 82.6 cm³/mol. The van der Waals surface area contributed by atoms with Gasteiger partial charge in [-0.3, -0.25) is 14.2 Å². The molecule has 2 aromatic rings. The number of nitrogens with one attached hydrogen (secondary N) is 1. The van der Waals surface area contributed by atoms with Crippen molar-refractivity contribution in [3.63, 3.8) is 0 Å². The Bertz CT molecular complexity index is 720. The first kappa shape index (κ1) is 14.7. The standard InChI is InChI=1S/C16H19N3O3/c20-15(17-10-12-4-3-9-22-12)7-8-19-11-18-14-6-2-1-5-13(14)16(19)21/h1-2,5-6,11-12H,3-4,7-10H2,(H,17,20)/t12-/m1/s1. The molecular weight excluding hydrogens is 282 g/mol. The van der Waals surface area contributed by atoms with Crippen LogP contribution in [0.1, 0.15) is 19.3 Å². The largest absolute Gasteiger partial charge is 0.376 e. The van der Waals surface area contributed by atoms with Gasteiger partial charge in [-0.2, -0.15) is 0 Å².